The number of hydrogen-bond acceptors (Lipinski definition) is 5. The van der Waals surface area contributed by atoms with E-state index in [1.54, 1.807) is 14.2 Å². The lowest BCUT2D eigenvalue weighted by atomic mass is 10.1. The van der Waals surface area contributed by atoms with E-state index < -0.39 is 0 Å². The second kappa shape index (κ2) is 8.81. The first-order valence-electron chi connectivity index (χ1n) is 8.01. The van der Waals surface area contributed by atoms with Gasteiger partial charge in [0.15, 0.2) is 11.5 Å². The van der Waals surface area contributed by atoms with Crippen molar-refractivity contribution in [2.75, 3.05) is 20.0 Å². The van der Waals surface area contributed by atoms with Crippen LogP contribution in [0.15, 0.2) is 35.2 Å². The molecule has 134 valence electrons. The summed E-state index contributed by atoms with van der Waals surface area (Å²) in [5.41, 5.74) is 4.37. The van der Waals surface area contributed by atoms with Crippen molar-refractivity contribution >= 4 is 17.7 Å². The first kappa shape index (κ1) is 19.2. The summed E-state index contributed by atoms with van der Waals surface area (Å²) in [6.07, 6.45) is 0. The molecule has 0 unspecified atom stereocenters. The van der Waals surface area contributed by atoms with Crippen LogP contribution in [0.3, 0.4) is 0 Å². The summed E-state index contributed by atoms with van der Waals surface area (Å²) in [4.78, 5) is 13.1. The Kier molecular flexibility index (Phi) is 6.76. The predicted octanol–water partition coefficient (Wildman–Crippen LogP) is 4.46. The van der Waals surface area contributed by atoms with Crippen LogP contribution >= 0.6 is 11.8 Å². The largest absolute Gasteiger partial charge is 0.493 e. The van der Waals surface area contributed by atoms with Gasteiger partial charge < -0.3 is 14.2 Å². The van der Waals surface area contributed by atoms with Crippen molar-refractivity contribution in [2.45, 2.75) is 32.3 Å². The van der Waals surface area contributed by atoms with Crippen LogP contribution in [0.5, 0.6) is 11.5 Å². The molecule has 0 radical (unpaired) electrons. The summed E-state index contributed by atoms with van der Waals surface area (Å²) >= 11 is 1.49. The van der Waals surface area contributed by atoms with Crippen LogP contribution in [0, 0.1) is 20.8 Å². The fraction of sp³-hybridized carbons (Fsp3) is 0.350. The summed E-state index contributed by atoms with van der Waals surface area (Å²) in [5, 5.41) is 0. The van der Waals surface area contributed by atoms with Gasteiger partial charge in [-0.2, -0.15) is 0 Å². The number of aryl methyl sites for hydroxylation is 3. The zero-order valence-corrected chi connectivity index (χ0v) is 16.2. The maximum atomic E-state index is 12.0. The minimum absolute atomic E-state index is 0.221. The Morgan fingerprint density at radius 2 is 1.60 bits per heavy atom. The molecule has 0 bridgehead atoms. The first-order valence-corrected chi connectivity index (χ1v) is 9.00. The number of carbonyl (C=O) groups excluding carboxylic acids is 1. The molecule has 0 aliphatic carbocycles. The monoisotopic (exact) mass is 360 g/mol. The number of carbonyl (C=O) groups is 1. The lowest BCUT2D eigenvalue weighted by Gasteiger charge is -2.13. The number of hydrogen-bond donors (Lipinski definition) is 0. The third-order valence-corrected chi connectivity index (χ3v) is 5.03. The van der Waals surface area contributed by atoms with Crippen LogP contribution in [-0.4, -0.2) is 25.9 Å². The van der Waals surface area contributed by atoms with Crippen molar-refractivity contribution in [3.05, 3.63) is 52.6 Å². The van der Waals surface area contributed by atoms with E-state index in [-0.39, 0.29) is 18.3 Å². The Hall–Kier alpha value is -2.14. The molecule has 0 saturated carbocycles. The van der Waals surface area contributed by atoms with Crippen molar-refractivity contribution in [3.63, 3.8) is 0 Å². The van der Waals surface area contributed by atoms with Gasteiger partial charge in [-0.05, 0) is 67.3 Å². The summed E-state index contributed by atoms with van der Waals surface area (Å²) in [5.74, 6) is 1.34. The molecule has 4 nitrogen and oxygen atoms in total. The molecule has 0 fully saturated rings. The fourth-order valence-corrected chi connectivity index (χ4v) is 3.12. The SMILES string of the molecule is COc1cc(C)c(COC(=O)CSc2ccc(C)c(C)c2)cc1OC. The lowest BCUT2D eigenvalue weighted by Crippen LogP contribution is -2.08. The van der Waals surface area contributed by atoms with Crippen LogP contribution in [0.2, 0.25) is 0 Å². The molecule has 0 aromatic heterocycles. The molecule has 0 heterocycles. The van der Waals surface area contributed by atoms with Gasteiger partial charge in [0.1, 0.15) is 6.61 Å². The van der Waals surface area contributed by atoms with Crippen molar-refractivity contribution in [2.24, 2.45) is 0 Å². The van der Waals surface area contributed by atoms with Gasteiger partial charge in [-0.25, -0.2) is 0 Å². The van der Waals surface area contributed by atoms with Crippen molar-refractivity contribution in [1.29, 1.82) is 0 Å². The highest BCUT2D eigenvalue weighted by Crippen LogP contribution is 2.30. The van der Waals surface area contributed by atoms with E-state index in [0.717, 1.165) is 16.0 Å². The van der Waals surface area contributed by atoms with E-state index in [1.807, 2.05) is 25.1 Å². The molecule has 2 aromatic carbocycles. The molecular formula is C20H24O4S. The number of thioether (sulfide) groups is 1. The summed E-state index contributed by atoms with van der Waals surface area (Å²) < 4.78 is 16.0. The van der Waals surface area contributed by atoms with E-state index in [0.29, 0.717) is 11.5 Å². The summed E-state index contributed by atoms with van der Waals surface area (Å²) in [7, 11) is 3.18. The Labute approximate surface area is 153 Å². The van der Waals surface area contributed by atoms with Crippen molar-refractivity contribution in [1.82, 2.24) is 0 Å². The quantitative estimate of drug-likeness (QED) is 0.539. The highest BCUT2D eigenvalue weighted by molar-refractivity contribution is 8.00. The fourth-order valence-electron chi connectivity index (χ4n) is 2.32. The van der Waals surface area contributed by atoms with Crippen LogP contribution < -0.4 is 9.47 Å². The second-order valence-electron chi connectivity index (χ2n) is 5.83. The Morgan fingerprint density at radius 1 is 0.920 bits per heavy atom. The van der Waals surface area contributed by atoms with Crippen LogP contribution in [0.25, 0.3) is 0 Å². The molecule has 0 aliphatic heterocycles. The third kappa shape index (κ3) is 5.16. The van der Waals surface area contributed by atoms with Crippen LogP contribution in [0.4, 0.5) is 0 Å². The molecule has 5 heteroatoms. The predicted molar refractivity (Wildman–Crippen MR) is 101 cm³/mol. The zero-order chi connectivity index (χ0) is 18.4. The van der Waals surface area contributed by atoms with Gasteiger partial charge in [-0.1, -0.05) is 6.07 Å². The molecule has 0 atom stereocenters. The van der Waals surface area contributed by atoms with E-state index >= 15 is 0 Å². The van der Waals surface area contributed by atoms with Crippen LogP contribution in [0.1, 0.15) is 22.3 Å². The Bertz CT molecular complexity index is 756. The Morgan fingerprint density at radius 3 is 2.24 bits per heavy atom. The molecule has 0 saturated heterocycles. The minimum atomic E-state index is -0.239. The minimum Gasteiger partial charge on any atom is -0.493 e. The number of esters is 1. The standard InChI is InChI=1S/C20H24O4S/c1-13-6-7-17(8-14(13)2)25-12-20(21)24-11-16-10-19(23-5)18(22-4)9-15(16)3/h6-10H,11-12H2,1-5H3. The zero-order valence-electron chi connectivity index (χ0n) is 15.3. The van der Waals surface area contributed by atoms with E-state index in [4.69, 9.17) is 14.2 Å². The molecule has 2 aromatic rings. The van der Waals surface area contributed by atoms with Gasteiger partial charge in [-0.3, -0.25) is 4.79 Å². The van der Waals surface area contributed by atoms with Gasteiger partial charge in [0, 0.05) is 4.90 Å². The summed E-state index contributed by atoms with van der Waals surface area (Å²) in [6, 6.07) is 9.91. The maximum absolute atomic E-state index is 12.0. The van der Waals surface area contributed by atoms with Gasteiger partial charge in [-0.15, -0.1) is 11.8 Å². The number of benzene rings is 2. The number of methoxy groups -OCH3 is 2. The lowest BCUT2D eigenvalue weighted by molar-refractivity contribution is -0.141. The number of rotatable bonds is 7. The Balaban J connectivity index is 1.92. The van der Waals surface area contributed by atoms with Crippen LogP contribution in [-0.2, 0) is 16.1 Å². The molecule has 25 heavy (non-hydrogen) atoms. The third-order valence-electron chi connectivity index (χ3n) is 4.07. The van der Waals surface area contributed by atoms with Crippen molar-refractivity contribution in [3.8, 4) is 11.5 Å². The number of ether oxygens (including phenoxy) is 3. The van der Waals surface area contributed by atoms with Gasteiger partial charge in [0.05, 0.1) is 20.0 Å². The second-order valence-corrected chi connectivity index (χ2v) is 6.88. The van der Waals surface area contributed by atoms with E-state index in [1.165, 1.54) is 22.9 Å². The average Bonchev–Trinajstić information content (AvgIpc) is 2.61. The smallest absolute Gasteiger partial charge is 0.316 e. The van der Waals surface area contributed by atoms with E-state index in [9.17, 15) is 4.79 Å². The summed E-state index contributed by atoms with van der Waals surface area (Å²) in [6.45, 7) is 6.31. The molecule has 0 spiro atoms. The first-order chi connectivity index (χ1) is 11.9. The highest BCUT2D eigenvalue weighted by Gasteiger charge is 2.11. The highest BCUT2D eigenvalue weighted by atomic mass is 32.2. The molecule has 0 amide bonds. The molecule has 2 rings (SSSR count). The molecular weight excluding hydrogens is 336 g/mol. The van der Waals surface area contributed by atoms with E-state index in [2.05, 4.69) is 26.0 Å². The topological polar surface area (TPSA) is 44.8 Å². The van der Waals surface area contributed by atoms with Gasteiger partial charge in [0.2, 0.25) is 0 Å². The molecule has 0 aliphatic rings. The van der Waals surface area contributed by atoms with Crippen molar-refractivity contribution < 1.29 is 19.0 Å². The normalized spacial score (nSPS) is 10.4. The maximum Gasteiger partial charge on any atom is 0.316 e. The van der Waals surface area contributed by atoms with Gasteiger partial charge >= 0.3 is 5.97 Å². The van der Waals surface area contributed by atoms with Gasteiger partial charge in [0.25, 0.3) is 0 Å². The average molecular weight is 360 g/mol. The molecule has 0 N–H and O–H groups in total.